The molecule has 1 aliphatic rings. The molecule has 0 aromatic carbocycles. The van der Waals surface area contributed by atoms with Gasteiger partial charge in [0.05, 0.1) is 0 Å². The van der Waals surface area contributed by atoms with E-state index in [0.29, 0.717) is 5.71 Å². The predicted octanol–water partition coefficient (Wildman–Crippen LogP) is 5.47. The minimum atomic E-state index is 0.614. The molecule has 1 rings (SSSR count). The average Bonchev–Trinajstić information content (AvgIpc) is 2.88. The van der Waals surface area contributed by atoms with Gasteiger partial charge in [-0.05, 0) is 68.7 Å². The van der Waals surface area contributed by atoms with Gasteiger partial charge < -0.3 is 10.7 Å². The number of rotatable bonds is 7. The van der Waals surface area contributed by atoms with Crippen molar-refractivity contribution in [2.45, 2.75) is 53.4 Å². The molecule has 0 aromatic heterocycles. The Morgan fingerprint density at radius 1 is 1.23 bits per heavy atom. The van der Waals surface area contributed by atoms with Crippen LogP contribution in [-0.2, 0) is 0 Å². The van der Waals surface area contributed by atoms with Gasteiger partial charge in [0.1, 0.15) is 0 Å². The van der Waals surface area contributed by atoms with Gasteiger partial charge >= 0.3 is 0 Å². The lowest BCUT2D eigenvalue weighted by molar-refractivity contribution is 0.909. The lowest BCUT2D eigenvalue weighted by Gasteiger charge is -2.13. The van der Waals surface area contributed by atoms with Gasteiger partial charge in [0, 0.05) is 18.0 Å². The summed E-state index contributed by atoms with van der Waals surface area (Å²) in [7, 11) is 0. The highest BCUT2D eigenvalue weighted by Crippen LogP contribution is 2.25. The monoisotopic (exact) mass is 298 g/mol. The second kappa shape index (κ2) is 8.57. The van der Waals surface area contributed by atoms with Crippen molar-refractivity contribution < 1.29 is 0 Å². The van der Waals surface area contributed by atoms with E-state index in [2.05, 4.69) is 44.5 Å². The molecule has 0 spiro atoms. The smallest absolute Gasteiger partial charge is 0.0329 e. The summed E-state index contributed by atoms with van der Waals surface area (Å²) >= 11 is 0. The number of hydrogen-bond donors (Lipinski definition) is 2. The van der Waals surface area contributed by atoms with Crippen molar-refractivity contribution in [2.75, 3.05) is 6.54 Å². The van der Waals surface area contributed by atoms with Gasteiger partial charge in [0.2, 0.25) is 0 Å². The maximum Gasteiger partial charge on any atom is 0.0329 e. The molecule has 120 valence electrons. The quantitative estimate of drug-likeness (QED) is 0.365. The van der Waals surface area contributed by atoms with E-state index in [9.17, 15) is 0 Å². The highest BCUT2D eigenvalue weighted by molar-refractivity contribution is 5.97. The fraction of sp³-hybridized carbons (Fsp3) is 0.450. The van der Waals surface area contributed by atoms with E-state index in [1.807, 2.05) is 13.8 Å². The Kier molecular flexibility index (Phi) is 7.10. The van der Waals surface area contributed by atoms with Crippen LogP contribution in [0, 0.1) is 5.41 Å². The maximum absolute atomic E-state index is 7.98. The number of allylic oxidation sites excluding steroid dienone is 7. The third-order valence-electron chi connectivity index (χ3n) is 3.97. The summed E-state index contributed by atoms with van der Waals surface area (Å²) in [5.41, 5.74) is 7.66. The molecule has 1 fully saturated rings. The predicted molar refractivity (Wildman–Crippen MR) is 98.4 cm³/mol. The molecule has 0 atom stereocenters. The van der Waals surface area contributed by atoms with Gasteiger partial charge in [-0.25, -0.2) is 0 Å². The van der Waals surface area contributed by atoms with E-state index < -0.39 is 0 Å². The molecular formula is C20H30N2. The van der Waals surface area contributed by atoms with Crippen LogP contribution in [-0.4, -0.2) is 12.3 Å². The Bertz CT molecular complexity index is 556. The Morgan fingerprint density at radius 3 is 2.45 bits per heavy atom. The minimum absolute atomic E-state index is 0.614. The molecule has 1 heterocycles. The molecular weight excluding hydrogens is 268 g/mol. The van der Waals surface area contributed by atoms with Crippen molar-refractivity contribution in [1.29, 1.82) is 5.41 Å². The topological polar surface area (TPSA) is 35.9 Å². The molecule has 0 aliphatic carbocycles. The van der Waals surface area contributed by atoms with Gasteiger partial charge in [-0.2, -0.15) is 0 Å². The van der Waals surface area contributed by atoms with Crippen LogP contribution in [0.15, 0.2) is 58.9 Å². The summed E-state index contributed by atoms with van der Waals surface area (Å²) in [5.74, 6) is 0. The Balaban J connectivity index is 2.89. The van der Waals surface area contributed by atoms with Crippen LogP contribution in [0.3, 0.4) is 0 Å². The van der Waals surface area contributed by atoms with Crippen molar-refractivity contribution in [1.82, 2.24) is 5.32 Å². The zero-order valence-electron chi connectivity index (χ0n) is 14.6. The van der Waals surface area contributed by atoms with Crippen LogP contribution >= 0.6 is 0 Å². The molecule has 0 bridgehead atoms. The molecule has 2 heteroatoms. The zero-order valence-corrected chi connectivity index (χ0v) is 14.6. The van der Waals surface area contributed by atoms with Crippen molar-refractivity contribution >= 4 is 5.71 Å². The molecule has 2 N–H and O–H groups in total. The van der Waals surface area contributed by atoms with E-state index in [0.717, 1.165) is 54.5 Å². The zero-order chi connectivity index (χ0) is 16.7. The summed E-state index contributed by atoms with van der Waals surface area (Å²) in [5, 5.41) is 11.4. The summed E-state index contributed by atoms with van der Waals surface area (Å²) in [6, 6.07) is 0. The van der Waals surface area contributed by atoms with Crippen molar-refractivity contribution in [3.8, 4) is 0 Å². The molecule has 0 amide bonds. The van der Waals surface area contributed by atoms with E-state index in [1.54, 1.807) is 0 Å². The van der Waals surface area contributed by atoms with Crippen LogP contribution in [0.2, 0.25) is 0 Å². The molecule has 22 heavy (non-hydrogen) atoms. The number of nitrogens with one attached hydrogen (secondary N) is 2. The summed E-state index contributed by atoms with van der Waals surface area (Å²) in [6.07, 6.45) is 8.28. The lowest BCUT2D eigenvalue weighted by atomic mass is 9.92. The summed E-state index contributed by atoms with van der Waals surface area (Å²) < 4.78 is 0. The molecule has 1 aliphatic heterocycles. The van der Waals surface area contributed by atoms with Gasteiger partial charge in [0.15, 0.2) is 0 Å². The first-order chi connectivity index (χ1) is 10.4. The SMILES string of the molecule is C=C(C)C/C(C(C)=N)=C(\C)C(=C)C/C=C1/CCN/C1=C/CC. The van der Waals surface area contributed by atoms with Crippen LogP contribution in [0.4, 0.5) is 0 Å². The van der Waals surface area contributed by atoms with E-state index in [4.69, 9.17) is 5.41 Å². The van der Waals surface area contributed by atoms with Crippen LogP contribution < -0.4 is 5.32 Å². The first-order valence-electron chi connectivity index (χ1n) is 8.08. The molecule has 0 saturated carbocycles. The minimum Gasteiger partial charge on any atom is -0.385 e. The van der Waals surface area contributed by atoms with E-state index in [-0.39, 0.29) is 0 Å². The molecule has 0 radical (unpaired) electrons. The van der Waals surface area contributed by atoms with Gasteiger partial charge in [-0.3, -0.25) is 0 Å². The Labute approximate surface area is 135 Å². The molecule has 1 saturated heterocycles. The van der Waals surface area contributed by atoms with Crippen molar-refractivity contribution in [2.24, 2.45) is 0 Å². The highest BCUT2D eigenvalue weighted by atomic mass is 14.9. The summed E-state index contributed by atoms with van der Waals surface area (Å²) in [4.78, 5) is 0. The van der Waals surface area contributed by atoms with Crippen LogP contribution in [0.5, 0.6) is 0 Å². The maximum atomic E-state index is 7.98. The normalized spacial score (nSPS) is 19.1. The molecule has 0 aromatic rings. The lowest BCUT2D eigenvalue weighted by Crippen LogP contribution is -2.03. The second-order valence-corrected chi connectivity index (χ2v) is 6.10. The fourth-order valence-electron chi connectivity index (χ4n) is 2.66. The van der Waals surface area contributed by atoms with Gasteiger partial charge in [0.25, 0.3) is 0 Å². The average molecular weight is 298 g/mol. The Hall–Kier alpha value is -1.83. The third kappa shape index (κ3) is 5.18. The van der Waals surface area contributed by atoms with Crippen LogP contribution in [0.1, 0.15) is 53.4 Å². The third-order valence-corrected chi connectivity index (χ3v) is 3.97. The highest BCUT2D eigenvalue weighted by Gasteiger charge is 2.13. The fourth-order valence-corrected chi connectivity index (χ4v) is 2.66. The number of hydrogen-bond acceptors (Lipinski definition) is 2. The van der Waals surface area contributed by atoms with Crippen LogP contribution in [0.25, 0.3) is 0 Å². The van der Waals surface area contributed by atoms with Gasteiger partial charge in [-0.1, -0.05) is 37.8 Å². The molecule has 2 nitrogen and oxygen atoms in total. The van der Waals surface area contributed by atoms with Crippen molar-refractivity contribution in [3.63, 3.8) is 0 Å². The molecule has 0 unspecified atom stereocenters. The first-order valence-corrected chi connectivity index (χ1v) is 8.08. The summed E-state index contributed by atoms with van der Waals surface area (Å²) in [6.45, 7) is 17.3. The van der Waals surface area contributed by atoms with E-state index in [1.165, 1.54) is 11.3 Å². The van der Waals surface area contributed by atoms with Gasteiger partial charge in [-0.15, -0.1) is 0 Å². The second-order valence-electron chi connectivity index (χ2n) is 6.10. The largest absolute Gasteiger partial charge is 0.385 e. The Morgan fingerprint density at radius 2 is 1.91 bits per heavy atom. The van der Waals surface area contributed by atoms with Crippen molar-refractivity contribution in [3.05, 3.63) is 58.9 Å². The van der Waals surface area contributed by atoms with E-state index >= 15 is 0 Å². The standard InChI is InChI=1S/C20H30N2/c1-7-8-20-18(11-12-22-20)10-9-15(4)16(5)19(17(6)21)13-14(2)3/h8,10,21-22H,2,4,7,9,11-13H2,1,3,5-6H3/b18-10-,19-16-,20-8+,21-17?. The first kappa shape index (κ1) is 18.2.